The highest BCUT2D eigenvalue weighted by molar-refractivity contribution is 7.47. The Labute approximate surface area is 140 Å². The Kier molecular flexibility index (Phi) is 3.00. The van der Waals surface area contributed by atoms with E-state index >= 15 is 0 Å². The minimum Gasteiger partial charge on any atom is -0.504 e. The van der Waals surface area contributed by atoms with Gasteiger partial charge in [-0.1, -0.05) is 0 Å². The average molecular weight is 371 g/mol. The van der Waals surface area contributed by atoms with Crippen LogP contribution in [-0.4, -0.2) is 52.2 Å². The Morgan fingerprint density at radius 2 is 2.00 bits per heavy atom. The van der Waals surface area contributed by atoms with Gasteiger partial charge < -0.3 is 29.9 Å². The molecule has 1 unspecified atom stereocenters. The second-order valence-electron chi connectivity index (χ2n) is 6.44. The number of carbonyl (C=O) groups is 1. The second-order valence-corrected chi connectivity index (χ2v) is 7.80. The molecule has 0 radical (unpaired) electrons. The molecule has 1 aromatic carbocycles. The van der Waals surface area contributed by atoms with Crippen LogP contribution in [0.5, 0.6) is 17.2 Å². The maximum Gasteiger partial charge on any atom is 0.473 e. The second kappa shape index (κ2) is 4.87. The molecule has 134 valence electrons. The van der Waals surface area contributed by atoms with Gasteiger partial charge in [0.15, 0.2) is 11.5 Å². The van der Waals surface area contributed by atoms with Crippen molar-refractivity contribution < 1.29 is 43.0 Å². The van der Waals surface area contributed by atoms with E-state index in [-0.39, 0.29) is 30.3 Å². The molecule has 2 fully saturated rings. The maximum absolute atomic E-state index is 12.5. The summed E-state index contributed by atoms with van der Waals surface area (Å²) in [7, 11) is -4.28. The molecule has 6 atom stereocenters. The van der Waals surface area contributed by atoms with E-state index in [1.165, 1.54) is 0 Å². The lowest BCUT2D eigenvalue weighted by atomic mass is 9.72. The molecule has 0 bridgehead atoms. The van der Waals surface area contributed by atoms with E-state index in [9.17, 15) is 24.5 Å². The first-order chi connectivity index (χ1) is 11.9. The number of hydrogen-bond donors (Lipinski definition) is 4. The molecule has 4 N–H and O–H groups in total. The van der Waals surface area contributed by atoms with E-state index in [4.69, 9.17) is 18.5 Å². The number of phosphoric ester groups is 1. The largest absolute Gasteiger partial charge is 0.504 e. The van der Waals surface area contributed by atoms with Crippen molar-refractivity contribution in [1.82, 2.24) is 5.32 Å². The summed E-state index contributed by atoms with van der Waals surface area (Å²) in [6, 6.07) is 0.908. The van der Waals surface area contributed by atoms with E-state index in [1.54, 1.807) is 6.07 Å². The van der Waals surface area contributed by atoms with E-state index < -0.39 is 44.0 Å². The van der Waals surface area contributed by atoms with Crippen LogP contribution in [0.15, 0.2) is 6.07 Å². The van der Waals surface area contributed by atoms with Crippen molar-refractivity contribution in [2.45, 2.75) is 36.7 Å². The Morgan fingerprint density at radius 3 is 2.80 bits per heavy atom. The molecule has 4 aliphatic rings. The summed E-state index contributed by atoms with van der Waals surface area (Å²) in [5.74, 6) is -0.940. The van der Waals surface area contributed by atoms with Crippen molar-refractivity contribution in [3.8, 4) is 17.2 Å². The summed E-state index contributed by atoms with van der Waals surface area (Å²) in [4.78, 5) is 22.1. The zero-order valence-corrected chi connectivity index (χ0v) is 13.5. The zero-order chi connectivity index (χ0) is 17.5. The topological polar surface area (TPSA) is 144 Å². The van der Waals surface area contributed by atoms with Crippen molar-refractivity contribution in [2.24, 2.45) is 0 Å². The van der Waals surface area contributed by atoms with Crippen molar-refractivity contribution >= 4 is 13.7 Å². The molecule has 0 spiro atoms. The Balaban J connectivity index is 1.63. The standard InChI is InChI=1S/C14H14NO9P/c16-6-1-5-4-2-7-12(22-3-21-7)10(17)8(4)14(18)15-9(5)13-11(6)23-25(19,20)24-13/h2,5-6,9,11,13,16-17H,1,3H2,(H,15,18)(H,19,20)/t5-,6+,9-,11-,13+/m1/s1. The third-order valence-corrected chi connectivity index (χ3v) is 6.11. The van der Waals surface area contributed by atoms with Gasteiger partial charge in [-0.05, 0) is 18.1 Å². The molecule has 1 amide bonds. The third kappa shape index (κ3) is 2.06. The van der Waals surface area contributed by atoms with Crippen LogP contribution in [0.3, 0.4) is 0 Å². The van der Waals surface area contributed by atoms with Gasteiger partial charge in [-0.3, -0.25) is 13.8 Å². The van der Waals surface area contributed by atoms with Crippen LogP contribution in [-0.2, 0) is 13.6 Å². The fourth-order valence-corrected chi connectivity index (χ4v) is 5.26. The van der Waals surface area contributed by atoms with Crippen molar-refractivity contribution in [1.29, 1.82) is 0 Å². The highest BCUT2D eigenvalue weighted by Crippen LogP contribution is 2.59. The number of phenolic OH excluding ortho intramolecular Hbond substituents is 1. The summed E-state index contributed by atoms with van der Waals surface area (Å²) in [6.07, 6.45) is -2.90. The smallest absolute Gasteiger partial charge is 0.473 e. The summed E-state index contributed by atoms with van der Waals surface area (Å²) < 4.78 is 32.2. The number of nitrogens with one attached hydrogen (secondary N) is 1. The molecule has 0 aromatic heterocycles. The molecule has 11 heteroatoms. The van der Waals surface area contributed by atoms with Crippen LogP contribution < -0.4 is 14.8 Å². The van der Waals surface area contributed by atoms with Crippen molar-refractivity contribution in [3.63, 3.8) is 0 Å². The Hall–Kier alpha value is -1.84. The quantitative estimate of drug-likeness (QED) is 0.462. The molecule has 1 saturated carbocycles. The number of aliphatic hydroxyl groups excluding tert-OH is 1. The number of benzene rings is 1. The molecule has 1 aromatic rings. The minimum absolute atomic E-state index is 0.0437. The van der Waals surface area contributed by atoms with Gasteiger partial charge in [-0.2, -0.15) is 0 Å². The Morgan fingerprint density at radius 1 is 1.24 bits per heavy atom. The molecule has 1 aliphatic carbocycles. The highest BCUT2D eigenvalue weighted by atomic mass is 31.2. The lowest BCUT2D eigenvalue weighted by molar-refractivity contribution is -0.0372. The molecular formula is C14H14NO9P. The first kappa shape index (κ1) is 15.4. The van der Waals surface area contributed by atoms with Crippen LogP contribution >= 0.6 is 7.82 Å². The monoisotopic (exact) mass is 371 g/mol. The molecule has 10 nitrogen and oxygen atoms in total. The van der Waals surface area contributed by atoms with Crippen LogP contribution in [0.2, 0.25) is 0 Å². The first-order valence-corrected chi connectivity index (χ1v) is 9.19. The number of amides is 1. The lowest BCUT2D eigenvalue weighted by Gasteiger charge is -2.43. The average Bonchev–Trinajstić information content (AvgIpc) is 3.12. The number of phenols is 1. The van der Waals surface area contributed by atoms with Gasteiger partial charge in [0.25, 0.3) is 5.91 Å². The fraction of sp³-hybridized carbons (Fsp3) is 0.500. The van der Waals surface area contributed by atoms with Gasteiger partial charge in [-0.15, -0.1) is 0 Å². The number of rotatable bonds is 0. The van der Waals surface area contributed by atoms with Gasteiger partial charge in [0.1, 0.15) is 12.2 Å². The Bertz CT molecular complexity index is 842. The van der Waals surface area contributed by atoms with Crippen LogP contribution in [0.4, 0.5) is 0 Å². The molecule has 25 heavy (non-hydrogen) atoms. The minimum atomic E-state index is -4.28. The van der Waals surface area contributed by atoms with Gasteiger partial charge >= 0.3 is 7.82 Å². The number of aromatic hydroxyl groups is 1. The van der Waals surface area contributed by atoms with Gasteiger partial charge in [0.2, 0.25) is 12.5 Å². The molecule has 1 saturated heterocycles. The van der Waals surface area contributed by atoms with E-state index in [0.29, 0.717) is 11.3 Å². The van der Waals surface area contributed by atoms with Crippen LogP contribution in [0, 0.1) is 0 Å². The summed E-state index contributed by atoms with van der Waals surface area (Å²) in [5, 5.41) is 23.4. The first-order valence-electron chi connectivity index (χ1n) is 7.70. The molecular weight excluding hydrogens is 357 g/mol. The van der Waals surface area contributed by atoms with Gasteiger partial charge in [-0.25, -0.2) is 4.57 Å². The van der Waals surface area contributed by atoms with Gasteiger partial charge in [0, 0.05) is 5.92 Å². The van der Waals surface area contributed by atoms with E-state index in [0.717, 1.165) is 0 Å². The number of ether oxygens (including phenoxy) is 2. The van der Waals surface area contributed by atoms with Crippen molar-refractivity contribution in [3.05, 3.63) is 17.2 Å². The SMILES string of the molecule is O=C1N[C@H]2[C@@H]3OP(=O)(O)O[C@@H]3[C@@H](O)C[C@@H]2c2cc3c(c(O)c21)OCO3. The number of phosphoric acid groups is 1. The fourth-order valence-electron chi connectivity index (χ4n) is 4.08. The lowest BCUT2D eigenvalue weighted by Crippen LogP contribution is -2.60. The molecule has 3 heterocycles. The predicted octanol–water partition coefficient (Wildman–Crippen LogP) is -0.0345. The maximum atomic E-state index is 12.5. The van der Waals surface area contributed by atoms with E-state index in [1.807, 2.05) is 0 Å². The molecule has 5 rings (SSSR count). The third-order valence-electron chi connectivity index (χ3n) is 5.09. The van der Waals surface area contributed by atoms with Crippen LogP contribution in [0.25, 0.3) is 0 Å². The number of carbonyl (C=O) groups excluding carboxylic acids is 1. The highest BCUT2D eigenvalue weighted by Gasteiger charge is 2.58. The number of fused-ring (bicyclic) bond motifs is 6. The summed E-state index contributed by atoms with van der Waals surface area (Å²) in [6.45, 7) is -0.0700. The van der Waals surface area contributed by atoms with Crippen LogP contribution in [0.1, 0.15) is 28.3 Å². The van der Waals surface area contributed by atoms with Gasteiger partial charge in [0.05, 0.1) is 17.7 Å². The number of aliphatic hydroxyl groups is 1. The predicted molar refractivity (Wildman–Crippen MR) is 78.4 cm³/mol. The molecule has 3 aliphatic heterocycles. The number of hydrogen-bond acceptors (Lipinski definition) is 8. The van der Waals surface area contributed by atoms with Crippen molar-refractivity contribution in [2.75, 3.05) is 6.79 Å². The summed E-state index contributed by atoms with van der Waals surface area (Å²) in [5.41, 5.74) is 0.513. The zero-order valence-electron chi connectivity index (χ0n) is 12.6. The summed E-state index contributed by atoms with van der Waals surface area (Å²) >= 11 is 0. The van der Waals surface area contributed by atoms with E-state index in [2.05, 4.69) is 5.32 Å². The normalized spacial score (nSPS) is 40.9.